The molecule has 0 saturated heterocycles. The molecular weight excluding hydrogens is 228 g/mol. The maximum atomic E-state index is 10.6. The van der Waals surface area contributed by atoms with Crippen LogP contribution in [0, 0.1) is 0 Å². The van der Waals surface area contributed by atoms with Crippen LogP contribution in [-0.4, -0.2) is 15.0 Å². The van der Waals surface area contributed by atoms with Gasteiger partial charge in [-0.1, -0.05) is 39.0 Å². The fourth-order valence-electron chi connectivity index (χ4n) is 1.06. The van der Waals surface area contributed by atoms with Gasteiger partial charge in [0.15, 0.2) is 0 Å². The van der Waals surface area contributed by atoms with Gasteiger partial charge in [-0.3, -0.25) is 0 Å². The Morgan fingerprint density at radius 3 is 2.21 bits per heavy atom. The number of hydrogen-bond donors (Lipinski definition) is 0. The van der Waals surface area contributed by atoms with E-state index in [4.69, 9.17) is 0 Å². The average molecular weight is 245 g/mol. The van der Waals surface area contributed by atoms with Crippen molar-refractivity contribution in [2.45, 2.75) is 45.4 Å². The Hall–Kier alpha value is 0.160. The zero-order chi connectivity index (χ0) is 10.9. The molecule has 0 bridgehead atoms. The first-order valence-electron chi connectivity index (χ1n) is 4.82. The molecule has 0 aromatic rings. The van der Waals surface area contributed by atoms with Crippen LogP contribution in [0.15, 0.2) is 0 Å². The topological polar surface area (TPSA) is 52.6 Å². The molecule has 4 nitrogen and oxygen atoms in total. The molecule has 0 aliphatic heterocycles. The van der Waals surface area contributed by atoms with Crippen LogP contribution < -0.4 is 0 Å². The molecule has 0 heterocycles. The fourth-order valence-corrected chi connectivity index (χ4v) is 1.53. The van der Waals surface area contributed by atoms with Gasteiger partial charge in [-0.2, -0.15) is 8.42 Å². The molecule has 14 heavy (non-hydrogen) atoms. The summed E-state index contributed by atoms with van der Waals surface area (Å²) in [5.74, 6) is 0. The van der Waals surface area contributed by atoms with Crippen LogP contribution in [-0.2, 0) is 18.3 Å². The summed E-state index contributed by atoms with van der Waals surface area (Å²) in [7, 11) is -3.95. The molecular formula is C8H17ClO4S. The van der Waals surface area contributed by atoms with Gasteiger partial charge in [-0.25, -0.2) is 4.18 Å². The Balaban J connectivity index is 3.22. The van der Waals surface area contributed by atoms with Crippen LogP contribution in [0.2, 0.25) is 0 Å². The first-order chi connectivity index (χ1) is 6.62. The summed E-state index contributed by atoms with van der Waals surface area (Å²) in [6, 6.07) is 0. The molecule has 0 aliphatic carbocycles. The third-order valence-corrected chi connectivity index (χ3v) is 2.88. The highest BCUT2D eigenvalue weighted by molar-refractivity contribution is 7.82. The summed E-state index contributed by atoms with van der Waals surface area (Å²) in [5.41, 5.74) is 0. The van der Waals surface area contributed by atoms with Crippen molar-refractivity contribution in [2.75, 3.05) is 6.61 Å². The van der Waals surface area contributed by atoms with Crippen molar-refractivity contribution in [2.24, 2.45) is 0 Å². The number of hydrogen-bond acceptors (Lipinski definition) is 4. The molecule has 86 valence electrons. The lowest BCUT2D eigenvalue weighted by atomic mass is 10.1. The van der Waals surface area contributed by atoms with E-state index in [9.17, 15) is 8.42 Å². The molecule has 0 spiro atoms. The normalized spacial score (nSPS) is 11.9. The van der Waals surface area contributed by atoms with Crippen LogP contribution in [0.1, 0.15) is 45.4 Å². The molecule has 0 aromatic carbocycles. The maximum Gasteiger partial charge on any atom is 0.416 e. The first kappa shape index (κ1) is 14.2. The highest BCUT2D eigenvalue weighted by Gasteiger charge is 2.09. The summed E-state index contributed by atoms with van der Waals surface area (Å²) < 4.78 is 29.1. The lowest BCUT2D eigenvalue weighted by molar-refractivity contribution is 0.270. The molecule has 0 atom stereocenters. The number of halogens is 1. The van der Waals surface area contributed by atoms with E-state index in [1.807, 2.05) is 0 Å². The third kappa shape index (κ3) is 8.74. The van der Waals surface area contributed by atoms with E-state index in [-0.39, 0.29) is 6.61 Å². The Morgan fingerprint density at radius 2 is 1.64 bits per heavy atom. The highest BCUT2D eigenvalue weighted by Crippen LogP contribution is 2.06. The van der Waals surface area contributed by atoms with Gasteiger partial charge in [0.05, 0.1) is 18.5 Å². The monoisotopic (exact) mass is 244 g/mol. The van der Waals surface area contributed by atoms with E-state index in [0.717, 1.165) is 12.8 Å². The summed E-state index contributed by atoms with van der Waals surface area (Å²) in [6.45, 7) is 2.29. The molecule has 0 radical (unpaired) electrons. The standard InChI is InChI=1S/C8H17ClO4S/c1-2-3-4-5-6-7-8-12-14(10,11)13-9/h2-8H2,1H3. The van der Waals surface area contributed by atoms with E-state index in [1.165, 1.54) is 19.3 Å². The highest BCUT2D eigenvalue weighted by atomic mass is 35.5. The van der Waals surface area contributed by atoms with Gasteiger partial charge in [-0.05, 0) is 6.42 Å². The molecule has 0 aliphatic rings. The number of rotatable bonds is 9. The van der Waals surface area contributed by atoms with Crippen molar-refractivity contribution in [3.05, 3.63) is 0 Å². The van der Waals surface area contributed by atoms with Crippen molar-refractivity contribution in [1.82, 2.24) is 0 Å². The van der Waals surface area contributed by atoms with Crippen LogP contribution in [0.5, 0.6) is 0 Å². The molecule has 0 amide bonds. The Kier molecular flexibility index (Phi) is 8.56. The van der Waals surface area contributed by atoms with Gasteiger partial charge in [0.2, 0.25) is 0 Å². The maximum absolute atomic E-state index is 10.6. The summed E-state index contributed by atoms with van der Waals surface area (Å²) in [6.07, 6.45) is 6.41. The zero-order valence-electron chi connectivity index (χ0n) is 8.37. The molecule has 0 aromatic heterocycles. The predicted molar refractivity (Wildman–Crippen MR) is 55.2 cm³/mol. The SMILES string of the molecule is CCCCCCCCOS(=O)(=O)OCl. The van der Waals surface area contributed by atoms with Crippen LogP contribution in [0.4, 0.5) is 0 Å². The summed E-state index contributed by atoms with van der Waals surface area (Å²) in [5, 5.41) is 0. The average Bonchev–Trinajstić information content (AvgIpc) is 2.16. The van der Waals surface area contributed by atoms with E-state index >= 15 is 0 Å². The molecule has 0 rings (SSSR count). The van der Waals surface area contributed by atoms with Crippen molar-refractivity contribution in [1.29, 1.82) is 0 Å². The van der Waals surface area contributed by atoms with E-state index < -0.39 is 10.4 Å². The van der Waals surface area contributed by atoms with Gasteiger partial charge < -0.3 is 0 Å². The van der Waals surface area contributed by atoms with Gasteiger partial charge >= 0.3 is 10.4 Å². The lowest BCUT2D eigenvalue weighted by Crippen LogP contribution is -2.06. The fraction of sp³-hybridized carbons (Fsp3) is 1.00. The van der Waals surface area contributed by atoms with Gasteiger partial charge in [0.1, 0.15) is 0 Å². The minimum atomic E-state index is -3.95. The van der Waals surface area contributed by atoms with E-state index in [2.05, 4.69) is 26.7 Å². The van der Waals surface area contributed by atoms with Crippen LogP contribution in [0.3, 0.4) is 0 Å². The predicted octanol–water partition coefficient (Wildman–Crippen LogP) is 2.78. The second-order valence-corrected chi connectivity index (χ2v) is 4.62. The van der Waals surface area contributed by atoms with Crippen molar-refractivity contribution in [3.8, 4) is 0 Å². The molecule has 0 saturated carbocycles. The minimum absolute atomic E-state index is 0.140. The largest absolute Gasteiger partial charge is 0.416 e. The van der Waals surface area contributed by atoms with Crippen LogP contribution >= 0.6 is 11.9 Å². The van der Waals surface area contributed by atoms with Crippen molar-refractivity contribution >= 4 is 22.3 Å². The van der Waals surface area contributed by atoms with Crippen LogP contribution in [0.25, 0.3) is 0 Å². The molecule has 0 unspecified atom stereocenters. The smallest absolute Gasteiger partial charge is 0.247 e. The number of unbranched alkanes of at least 4 members (excludes halogenated alkanes) is 5. The third-order valence-electron chi connectivity index (χ3n) is 1.80. The molecule has 0 N–H and O–H groups in total. The molecule has 6 heteroatoms. The van der Waals surface area contributed by atoms with E-state index in [0.29, 0.717) is 6.42 Å². The molecule has 0 fully saturated rings. The Bertz CT molecular complexity index is 215. The van der Waals surface area contributed by atoms with Gasteiger partial charge in [-0.15, -0.1) is 3.74 Å². The second kappa shape index (κ2) is 8.47. The lowest BCUT2D eigenvalue weighted by Gasteiger charge is -2.01. The first-order valence-corrected chi connectivity index (χ1v) is 6.46. The van der Waals surface area contributed by atoms with Crippen molar-refractivity contribution in [3.63, 3.8) is 0 Å². The van der Waals surface area contributed by atoms with E-state index in [1.54, 1.807) is 0 Å². The summed E-state index contributed by atoms with van der Waals surface area (Å²) >= 11 is 4.66. The zero-order valence-corrected chi connectivity index (χ0v) is 9.94. The van der Waals surface area contributed by atoms with Crippen molar-refractivity contribution < 1.29 is 16.3 Å². The Labute approximate surface area is 91.0 Å². The summed E-state index contributed by atoms with van der Waals surface area (Å²) in [4.78, 5) is 0. The van der Waals surface area contributed by atoms with Gasteiger partial charge in [0, 0.05) is 0 Å². The second-order valence-electron chi connectivity index (χ2n) is 3.06. The van der Waals surface area contributed by atoms with Gasteiger partial charge in [0.25, 0.3) is 0 Å². The minimum Gasteiger partial charge on any atom is -0.247 e. The Morgan fingerprint density at radius 1 is 1.07 bits per heavy atom. The quantitative estimate of drug-likeness (QED) is 0.586.